The summed E-state index contributed by atoms with van der Waals surface area (Å²) in [7, 11) is 0. The maximum atomic E-state index is 12.7. The predicted molar refractivity (Wildman–Crippen MR) is 122 cm³/mol. The van der Waals surface area contributed by atoms with Crippen molar-refractivity contribution in [2.75, 3.05) is 39.4 Å². The molecule has 0 radical (unpaired) electrons. The standard InChI is InChI=1S/C24H32N4O3/c1-5-17-6-8-18(9-7-17)21-25-20-16-28(23(29)31-24(2,3)4)11-10-19(20)22(26-21)27-12-14-30-15-13-27/h5-9,25H,10-16H2,1-4H3. The largest absolute Gasteiger partial charge is 0.444 e. The molecule has 3 aliphatic heterocycles. The van der Waals surface area contributed by atoms with Crippen molar-refractivity contribution in [1.82, 2.24) is 15.1 Å². The molecule has 1 aromatic carbocycles. The molecule has 0 spiro atoms. The van der Waals surface area contributed by atoms with E-state index < -0.39 is 5.60 Å². The highest BCUT2D eigenvalue weighted by atomic mass is 16.6. The number of ether oxygens (including phenoxy) is 2. The average Bonchev–Trinajstić information content (AvgIpc) is 2.77. The zero-order valence-corrected chi connectivity index (χ0v) is 18.9. The van der Waals surface area contributed by atoms with Gasteiger partial charge in [-0.3, -0.25) is 0 Å². The number of carbonyl (C=O) groups is 1. The predicted octanol–water partition coefficient (Wildman–Crippen LogP) is 1.78. The zero-order valence-electron chi connectivity index (χ0n) is 18.9. The van der Waals surface area contributed by atoms with Gasteiger partial charge in [0.25, 0.3) is 0 Å². The number of hydrogen-bond acceptors (Lipinski definition) is 6. The summed E-state index contributed by atoms with van der Waals surface area (Å²) < 4.78 is 11.2. The van der Waals surface area contributed by atoms with Gasteiger partial charge in [0, 0.05) is 36.1 Å². The summed E-state index contributed by atoms with van der Waals surface area (Å²) in [4.78, 5) is 21.8. The molecule has 3 heterocycles. The number of carbonyl (C=O) groups excluding carboxylic acids is 1. The molecule has 1 saturated heterocycles. The molecule has 0 atom stereocenters. The molecule has 1 fully saturated rings. The molecule has 7 nitrogen and oxygen atoms in total. The average molecular weight is 425 g/mol. The van der Waals surface area contributed by atoms with Crippen molar-refractivity contribution in [3.63, 3.8) is 0 Å². The smallest absolute Gasteiger partial charge is 0.410 e. The van der Waals surface area contributed by atoms with Crippen LogP contribution in [0.15, 0.2) is 40.5 Å². The van der Waals surface area contributed by atoms with Crippen LogP contribution in [-0.2, 0) is 9.47 Å². The highest BCUT2D eigenvalue weighted by Gasteiger charge is 2.33. The maximum Gasteiger partial charge on any atom is 0.410 e. The number of hydrogen-bond donors (Lipinski definition) is 1. The summed E-state index contributed by atoms with van der Waals surface area (Å²) in [5, 5.41) is 5.71. The number of amides is 1. The van der Waals surface area contributed by atoms with Crippen LogP contribution < -0.4 is 15.8 Å². The number of morpholine rings is 1. The van der Waals surface area contributed by atoms with Crippen LogP contribution in [0, 0.1) is 0 Å². The van der Waals surface area contributed by atoms with Gasteiger partial charge in [0.05, 0.1) is 19.8 Å². The van der Waals surface area contributed by atoms with E-state index in [1.54, 1.807) is 4.90 Å². The molecule has 0 saturated carbocycles. The van der Waals surface area contributed by atoms with E-state index in [0.717, 1.165) is 42.1 Å². The number of nitrogens with one attached hydrogen (secondary N) is 1. The molecule has 0 bridgehead atoms. The summed E-state index contributed by atoms with van der Waals surface area (Å²) in [6, 6.07) is 8.34. The molecule has 166 valence electrons. The van der Waals surface area contributed by atoms with E-state index >= 15 is 0 Å². The van der Waals surface area contributed by atoms with Crippen LogP contribution in [0.3, 0.4) is 0 Å². The Morgan fingerprint density at radius 1 is 1.16 bits per heavy atom. The Labute approximate surface area is 183 Å². The third-order valence-electron chi connectivity index (χ3n) is 5.58. The molecule has 31 heavy (non-hydrogen) atoms. The van der Waals surface area contributed by atoms with E-state index in [1.807, 2.05) is 27.7 Å². The first-order valence-corrected chi connectivity index (χ1v) is 11.0. The first-order chi connectivity index (χ1) is 14.8. The first kappa shape index (κ1) is 21.4. The number of amidine groups is 1. The monoisotopic (exact) mass is 424 g/mol. The summed E-state index contributed by atoms with van der Waals surface area (Å²) in [5.41, 5.74) is 1.69. The Balaban J connectivity index is 1.69. The highest BCUT2D eigenvalue weighted by Crippen LogP contribution is 2.26. The van der Waals surface area contributed by atoms with Gasteiger partial charge in [-0.25, -0.2) is 9.79 Å². The van der Waals surface area contributed by atoms with Gasteiger partial charge in [0.15, 0.2) is 0 Å². The lowest BCUT2D eigenvalue weighted by molar-refractivity contribution is 0.0257. The molecule has 0 aliphatic carbocycles. The second-order valence-corrected chi connectivity index (χ2v) is 9.03. The van der Waals surface area contributed by atoms with Crippen LogP contribution in [0.5, 0.6) is 0 Å². The van der Waals surface area contributed by atoms with Gasteiger partial charge in [-0.05, 0) is 39.3 Å². The van der Waals surface area contributed by atoms with Gasteiger partial charge >= 0.3 is 6.09 Å². The minimum absolute atomic E-state index is 0.277. The molecule has 1 N–H and O–H groups in total. The number of rotatable bonds is 0. The molecular weight excluding hydrogens is 392 g/mol. The van der Waals surface area contributed by atoms with Crippen LogP contribution >= 0.6 is 0 Å². The van der Waals surface area contributed by atoms with Crippen LogP contribution in [0.1, 0.15) is 34.1 Å². The molecule has 1 aromatic rings. The van der Waals surface area contributed by atoms with Crippen LogP contribution in [-0.4, -0.2) is 66.7 Å². The Bertz CT molecular complexity index is 1010. The number of aliphatic imine (C=N–C) groups is 1. The molecule has 7 heteroatoms. The van der Waals surface area contributed by atoms with Gasteiger partial charge in [-0.15, -0.1) is 0 Å². The van der Waals surface area contributed by atoms with Gasteiger partial charge < -0.3 is 24.6 Å². The van der Waals surface area contributed by atoms with Crippen molar-refractivity contribution in [2.24, 2.45) is 4.99 Å². The minimum Gasteiger partial charge on any atom is -0.444 e. The Morgan fingerprint density at radius 3 is 2.52 bits per heavy atom. The van der Waals surface area contributed by atoms with Crippen LogP contribution in [0.2, 0.25) is 0 Å². The Morgan fingerprint density at radius 2 is 1.87 bits per heavy atom. The topological polar surface area (TPSA) is 66.4 Å². The zero-order chi connectivity index (χ0) is 22.0. The van der Waals surface area contributed by atoms with E-state index in [-0.39, 0.29) is 6.09 Å². The lowest BCUT2D eigenvalue weighted by Gasteiger charge is -2.39. The van der Waals surface area contributed by atoms with E-state index in [1.165, 1.54) is 10.8 Å². The minimum atomic E-state index is -0.512. The molecule has 0 unspecified atom stereocenters. The summed E-state index contributed by atoms with van der Waals surface area (Å²) in [6.45, 7) is 11.9. The van der Waals surface area contributed by atoms with Gasteiger partial charge in [0.2, 0.25) is 0 Å². The third kappa shape index (κ3) is 4.93. The van der Waals surface area contributed by atoms with Gasteiger partial charge in [-0.1, -0.05) is 30.3 Å². The third-order valence-corrected chi connectivity index (χ3v) is 5.58. The van der Waals surface area contributed by atoms with E-state index in [4.69, 9.17) is 14.5 Å². The fourth-order valence-electron chi connectivity index (χ4n) is 3.96. The summed E-state index contributed by atoms with van der Waals surface area (Å²) in [5.74, 6) is 1.82. The van der Waals surface area contributed by atoms with E-state index in [0.29, 0.717) is 26.3 Å². The van der Waals surface area contributed by atoms with Crippen molar-refractivity contribution in [3.8, 4) is 0 Å². The van der Waals surface area contributed by atoms with Gasteiger partial charge in [0.1, 0.15) is 17.3 Å². The Hall–Kier alpha value is -2.80. The van der Waals surface area contributed by atoms with E-state index in [2.05, 4.69) is 40.6 Å². The summed E-state index contributed by atoms with van der Waals surface area (Å²) in [6.07, 6.45) is 2.54. The van der Waals surface area contributed by atoms with Crippen LogP contribution in [0.4, 0.5) is 4.79 Å². The molecule has 4 rings (SSSR count). The quantitative estimate of drug-likeness (QED) is 0.688. The first-order valence-electron chi connectivity index (χ1n) is 11.0. The van der Waals surface area contributed by atoms with Crippen molar-refractivity contribution in [3.05, 3.63) is 46.0 Å². The fourth-order valence-corrected chi connectivity index (χ4v) is 3.96. The fraction of sp³-hybridized carbons (Fsp3) is 0.500. The molecular formula is C24H32N4O3. The van der Waals surface area contributed by atoms with Crippen molar-refractivity contribution >= 4 is 23.8 Å². The normalized spacial score (nSPS) is 19.5. The van der Waals surface area contributed by atoms with Gasteiger partial charge in [-0.2, -0.15) is 0 Å². The molecule has 3 aliphatic rings. The second kappa shape index (κ2) is 8.75. The number of nitrogens with zero attached hydrogens (tertiary/aromatic N) is 3. The SMILES string of the molecule is CC=c1ccc(=C2N=C(N3CCOCC3)C3=C(CN(C(=O)OC(C)(C)C)CC3)N2)cc1. The molecule has 0 aromatic heterocycles. The lowest BCUT2D eigenvalue weighted by atomic mass is 10.0. The number of benzene rings is 1. The summed E-state index contributed by atoms with van der Waals surface area (Å²) >= 11 is 0. The van der Waals surface area contributed by atoms with Crippen LogP contribution in [0.25, 0.3) is 11.9 Å². The van der Waals surface area contributed by atoms with E-state index in [9.17, 15) is 4.79 Å². The highest BCUT2D eigenvalue weighted by molar-refractivity contribution is 6.03. The second-order valence-electron chi connectivity index (χ2n) is 9.03. The van der Waals surface area contributed by atoms with Crippen molar-refractivity contribution < 1.29 is 14.3 Å². The molecule has 1 amide bonds. The lowest BCUT2D eigenvalue weighted by Crippen LogP contribution is -2.49. The Kier molecular flexibility index (Phi) is 6.05. The van der Waals surface area contributed by atoms with Crippen molar-refractivity contribution in [2.45, 2.75) is 39.7 Å². The maximum absolute atomic E-state index is 12.7. The van der Waals surface area contributed by atoms with Crippen molar-refractivity contribution in [1.29, 1.82) is 0 Å².